The van der Waals surface area contributed by atoms with Gasteiger partial charge in [0.05, 0.1) is 6.54 Å². The number of nitrogens with two attached hydrogens (primary N) is 1. The summed E-state index contributed by atoms with van der Waals surface area (Å²) in [5, 5.41) is 5.36. The van der Waals surface area contributed by atoms with E-state index in [0.29, 0.717) is 22.7 Å². The summed E-state index contributed by atoms with van der Waals surface area (Å²) in [6.45, 7) is 1.51. The minimum atomic E-state index is -0.372. The maximum absolute atomic E-state index is 12.3. The molecule has 31 heavy (non-hydrogen) atoms. The molecule has 3 amide bonds. The first kappa shape index (κ1) is 20.5. The number of amides is 3. The number of fused-ring (bicyclic) bond motifs is 1. The van der Waals surface area contributed by atoms with E-state index in [2.05, 4.69) is 15.5 Å². The van der Waals surface area contributed by atoms with Crippen molar-refractivity contribution in [3.8, 4) is 11.5 Å². The number of rotatable bonds is 6. The molecule has 162 valence electrons. The fraction of sp³-hybridized carbons (Fsp3) is 0.318. The van der Waals surface area contributed by atoms with E-state index in [1.807, 2.05) is 24.3 Å². The number of hydrogen-bond donors (Lipinski definition) is 3. The Bertz CT molecular complexity index is 984. The maximum Gasteiger partial charge on any atom is 0.251 e. The molecule has 2 aliphatic heterocycles. The molecule has 4 rings (SSSR count). The zero-order valence-corrected chi connectivity index (χ0v) is 16.9. The van der Waals surface area contributed by atoms with E-state index in [1.165, 1.54) is 0 Å². The highest BCUT2D eigenvalue weighted by molar-refractivity contribution is 5.99. The zero-order valence-electron chi connectivity index (χ0n) is 16.9. The quantitative estimate of drug-likeness (QED) is 0.646. The van der Waals surface area contributed by atoms with Gasteiger partial charge in [-0.3, -0.25) is 14.4 Å². The Morgan fingerprint density at radius 3 is 2.42 bits per heavy atom. The van der Waals surface area contributed by atoms with Gasteiger partial charge in [0, 0.05) is 35.9 Å². The van der Waals surface area contributed by atoms with Gasteiger partial charge >= 0.3 is 0 Å². The van der Waals surface area contributed by atoms with E-state index >= 15 is 0 Å². The first-order valence-corrected chi connectivity index (χ1v) is 10.1. The van der Waals surface area contributed by atoms with Crippen molar-refractivity contribution < 1.29 is 23.9 Å². The average Bonchev–Trinajstić information content (AvgIpc) is 3.26. The van der Waals surface area contributed by atoms with Gasteiger partial charge in [-0.15, -0.1) is 0 Å². The van der Waals surface area contributed by atoms with Crippen LogP contribution in [0.3, 0.4) is 0 Å². The molecular formula is C22H24N4O5. The fourth-order valence-corrected chi connectivity index (χ4v) is 3.68. The minimum Gasteiger partial charge on any atom is -0.454 e. The third-order valence-electron chi connectivity index (χ3n) is 5.46. The second-order valence-electron chi connectivity index (χ2n) is 7.51. The molecule has 0 aromatic heterocycles. The van der Waals surface area contributed by atoms with Gasteiger partial charge in [0.2, 0.25) is 18.6 Å². The van der Waals surface area contributed by atoms with Gasteiger partial charge in [0.15, 0.2) is 11.5 Å². The van der Waals surface area contributed by atoms with Gasteiger partial charge in [-0.05, 0) is 55.3 Å². The Balaban J connectivity index is 1.25. The van der Waals surface area contributed by atoms with Crippen LogP contribution in [0.25, 0.3) is 0 Å². The molecule has 0 unspecified atom stereocenters. The molecule has 0 spiro atoms. The molecule has 2 aromatic carbocycles. The Morgan fingerprint density at radius 2 is 1.71 bits per heavy atom. The first-order chi connectivity index (χ1) is 15.0. The van der Waals surface area contributed by atoms with Crippen molar-refractivity contribution in [2.24, 2.45) is 11.7 Å². The molecule has 9 nitrogen and oxygen atoms in total. The van der Waals surface area contributed by atoms with Crippen LogP contribution in [0.1, 0.15) is 23.2 Å². The Labute approximate surface area is 179 Å². The summed E-state index contributed by atoms with van der Waals surface area (Å²) >= 11 is 0. The van der Waals surface area contributed by atoms with E-state index in [0.717, 1.165) is 31.6 Å². The fourth-order valence-electron chi connectivity index (χ4n) is 3.68. The SMILES string of the molecule is NC(=O)C1CCN(c2ccc(NC(=O)CNC(=O)c3ccc4c(c3)OCO4)cc2)CC1. The van der Waals surface area contributed by atoms with E-state index < -0.39 is 0 Å². The Kier molecular flexibility index (Phi) is 5.92. The highest BCUT2D eigenvalue weighted by Gasteiger charge is 2.23. The predicted molar refractivity (Wildman–Crippen MR) is 114 cm³/mol. The topological polar surface area (TPSA) is 123 Å². The summed E-state index contributed by atoms with van der Waals surface area (Å²) < 4.78 is 10.5. The number of carbonyl (C=O) groups excluding carboxylic acids is 3. The summed E-state index contributed by atoms with van der Waals surface area (Å²) in [5.74, 6) is 0.115. The van der Waals surface area contributed by atoms with Crippen LogP contribution in [0.5, 0.6) is 11.5 Å². The second-order valence-corrected chi connectivity index (χ2v) is 7.51. The molecule has 1 fully saturated rings. The Morgan fingerprint density at radius 1 is 1.00 bits per heavy atom. The maximum atomic E-state index is 12.3. The number of hydrogen-bond acceptors (Lipinski definition) is 6. The number of ether oxygens (including phenoxy) is 2. The monoisotopic (exact) mass is 424 g/mol. The zero-order chi connectivity index (χ0) is 21.8. The molecular weight excluding hydrogens is 400 g/mol. The number of nitrogens with one attached hydrogen (secondary N) is 2. The molecule has 0 bridgehead atoms. The van der Waals surface area contributed by atoms with E-state index in [9.17, 15) is 14.4 Å². The summed E-state index contributed by atoms with van der Waals surface area (Å²) in [6, 6.07) is 12.3. The van der Waals surface area contributed by atoms with Crippen molar-refractivity contribution in [2.45, 2.75) is 12.8 Å². The van der Waals surface area contributed by atoms with Crippen LogP contribution in [-0.2, 0) is 9.59 Å². The van der Waals surface area contributed by atoms with E-state index in [4.69, 9.17) is 15.2 Å². The van der Waals surface area contributed by atoms with Crippen LogP contribution in [0.2, 0.25) is 0 Å². The minimum absolute atomic E-state index is 0.0531. The van der Waals surface area contributed by atoms with Gasteiger partial charge in [-0.25, -0.2) is 0 Å². The predicted octanol–water partition coefficient (Wildman–Crippen LogP) is 1.49. The lowest BCUT2D eigenvalue weighted by Gasteiger charge is -2.32. The van der Waals surface area contributed by atoms with Crippen LogP contribution >= 0.6 is 0 Å². The summed E-state index contributed by atoms with van der Waals surface area (Å²) in [5.41, 5.74) is 7.43. The van der Waals surface area contributed by atoms with Crippen LogP contribution in [0.4, 0.5) is 11.4 Å². The number of benzene rings is 2. The Hall–Kier alpha value is -3.75. The summed E-state index contributed by atoms with van der Waals surface area (Å²) in [4.78, 5) is 37.9. The lowest BCUT2D eigenvalue weighted by atomic mass is 9.96. The van der Waals surface area contributed by atoms with Gasteiger partial charge in [0.1, 0.15) is 0 Å². The number of piperidine rings is 1. The standard InChI is InChI=1S/C22H24N4O5/c23-21(28)14-7-9-26(10-8-14)17-4-2-16(3-5-17)25-20(27)12-24-22(29)15-1-6-18-19(11-15)31-13-30-18/h1-6,11,14H,7-10,12-13H2,(H2,23,28)(H,24,29)(H,25,27). The molecule has 2 heterocycles. The van der Waals surface area contributed by atoms with Gasteiger partial charge < -0.3 is 30.7 Å². The number of nitrogens with zero attached hydrogens (tertiary/aromatic N) is 1. The van der Waals surface area contributed by atoms with E-state index in [1.54, 1.807) is 18.2 Å². The van der Waals surface area contributed by atoms with Crippen LogP contribution < -0.4 is 30.7 Å². The normalized spacial score (nSPS) is 15.4. The molecule has 1 saturated heterocycles. The third kappa shape index (κ3) is 4.88. The van der Waals surface area contributed by atoms with Crippen LogP contribution in [-0.4, -0.2) is 44.1 Å². The van der Waals surface area contributed by atoms with E-state index in [-0.39, 0.29) is 37.0 Å². The molecule has 4 N–H and O–H groups in total. The number of carbonyl (C=O) groups is 3. The highest BCUT2D eigenvalue weighted by Crippen LogP contribution is 2.32. The first-order valence-electron chi connectivity index (χ1n) is 10.1. The van der Waals surface area contributed by atoms with Gasteiger partial charge in [-0.2, -0.15) is 0 Å². The van der Waals surface area contributed by atoms with Crippen LogP contribution in [0.15, 0.2) is 42.5 Å². The van der Waals surface area contributed by atoms with Crippen LogP contribution in [0, 0.1) is 5.92 Å². The molecule has 0 aliphatic carbocycles. The van der Waals surface area contributed by atoms with Crippen molar-refractivity contribution in [3.63, 3.8) is 0 Å². The lowest BCUT2D eigenvalue weighted by molar-refractivity contribution is -0.122. The van der Waals surface area contributed by atoms with Crippen molar-refractivity contribution >= 4 is 29.1 Å². The molecule has 0 radical (unpaired) electrons. The van der Waals surface area contributed by atoms with Crippen molar-refractivity contribution in [1.82, 2.24) is 5.32 Å². The van der Waals surface area contributed by atoms with Crippen molar-refractivity contribution in [1.29, 1.82) is 0 Å². The van der Waals surface area contributed by atoms with Crippen molar-refractivity contribution in [2.75, 3.05) is 36.6 Å². The van der Waals surface area contributed by atoms with Gasteiger partial charge in [-0.1, -0.05) is 0 Å². The molecule has 0 saturated carbocycles. The van der Waals surface area contributed by atoms with Crippen molar-refractivity contribution in [3.05, 3.63) is 48.0 Å². The molecule has 9 heteroatoms. The highest BCUT2D eigenvalue weighted by atomic mass is 16.7. The molecule has 2 aromatic rings. The summed E-state index contributed by atoms with van der Waals surface area (Å²) in [6.07, 6.45) is 1.49. The average molecular weight is 424 g/mol. The lowest BCUT2D eigenvalue weighted by Crippen LogP contribution is -2.38. The molecule has 0 atom stereocenters. The number of anilines is 2. The molecule has 2 aliphatic rings. The second kappa shape index (κ2) is 8.95. The largest absolute Gasteiger partial charge is 0.454 e. The van der Waals surface area contributed by atoms with Gasteiger partial charge in [0.25, 0.3) is 5.91 Å². The third-order valence-corrected chi connectivity index (χ3v) is 5.46. The smallest absolute Gasteiger partial charge is 0.251 e. The summed E-state index contributed by atoms with van der Waals surface area (Å²) in [7, 11) is 0. The number of primary amides is 1.